The van der Waals surface area contributed by atoms with Gasteiger partial charge >= 0.3 is 0 Å². The maximum Gasteiger partial charge on any atom is 0.251 e. The fraction of sp³-hybridized carbons (Fsp3) is 0.300. The van der Waals surface area contributed by atoms with Gasteiger partial charge in [0.25, 0.3) is 5.91 Å². The smallest absolute Gasteiger partial charge is 0.251 e. The summed E-state index contributed by atoms with van der Waals surface area (Å²) in [4.78, 5) is 24.0. The molecule has 0 saturated heterocycles. The molecule has 0 atom stereocenters. The van der Waals surface area contributed by atoms with Crippen molar-refractivity contribution in [3.8, 4) is 0 Å². The van der Waals surface area contributed by atoms with E-state index in [0.29, 0.717) is 5.56 Å². The fourth-order valence-electron chi connectivity index (χ4n) is 2.33. The van der Waals surface area contributed by atoms with Gasteiger partial charge in [0.1, 0.15) is 0 Å². The Morgan fingerprint density at radius 2 is 1.73 bits per heavy atom. The average Bonchev–Trinajstić information content (AvgIpc) is 2.58. The molecular weight excluding hydrogens is 355 g/mol. The van der Waals surface area contributed by atoms with Crippen LogP contribution in [0.3, 0.4) is 0 Å². The number of carbonyl (C=O) groups is 2. The van der Waals surface area contributed by atoms with Crippen molar-refractivity contribution >= 4 is 29.1 Å². The Morgan fingerprint density at radius 1 is 1.08 bits per heavy atom. The molecule has 0 saturated carbocycles. The molecule has 2 rings (SSSR count). The Labute approximate surface area is 157 Å². The van der Waals surface area contributed by atoms with Crippen molar-refractivity contribution in [1.82, 2.24) is 5.32 Å². The van der Waals surface area contributed by atoms with Gasteiger partial charge in [-0.2, -0.15) is 0 Å². The third-order valence-corrected chi connectivity index (χ3v) is 4.17. The number of benzene rings is 2. The molecule has 0 aromatic heterocycles. The van der Waals surface area contributed by atoms with Gasteiger partial charge in [-0.3, -0.25) is 9.59 Å². The number of rotatable bonds is 5. The second-order valence-corrected chi connectivity index (χ2v) is 7.39. The van der Waals surface area contributed by atoms with Crippen LogP contribution in [0.1, 0.15) is 43.1 Å². The zero-order chi connectivity index (χ0) is 19.3. The molecule has 6 heteroatoms. The van der Waals surface area contributed by atoms with Crippen LogP contribution in [-0.2, 0) is 10.2 Å². The molecular formula is C20H22ClFN2O2. The lowest BCUT2D eigenvalue weighted by atomic mass is 9.87. The standard InChI is InChI=1S/C20H22ClFN2O2/c1-20(2,3)14-9-7-13(8-10-14)19(26)23-12-11-17(25)24-16-6-4-5-15(21)18(16)22/h4-10H,11-12H2,1-3H3,(H,23,26)(H,24,25). The molecule has 0 bridgehead atoms. The minimum Gasteiger partial charge on any atom is -0.352 e. The highest BCUT2D eigenvalue weighted by atomic mass is 35.5. The van der Waals surface area contributed by atoms with E-state index in [9.17, 15) is 14.0 Å². The summed E-state index contributed by atoms with van der Waals surface area (Å²) >= 11 is 5.67. The Balaban J connectivity index is 1.84. The Kier molecular flexibility index (Phi) is 6.37. The van der Waals surface area contributed by atoms with Crippen molar-refractivity contribution in [3.05, 3.63) is 64.4 Å². The van der Waals surface area contributed by atoms with Crippen LogP contribution in [0.4, 0.5) is 10.1 Å². The van der Waals surface area contributed by atoms with Crippen LogP contribution in [0.15, 0.2) is 42.5 Å². The largest absolute Gasteiger partial charge is 0.352 e. The second-order valence-electron chi connectivity index (χ2n) is 6.98. The van der Waals surface area contributed by atoms with Crippen LogP contribution in [0.25, 0.3) is 0 Å². The quantitative estimate of drug-likeness (QED) is 0.805. The van der Waals surface area contributed by atoms with E-state index >= 15 is 0 Å². The first kappa shape index (κ1) is 19.9. The van der Waals surface area contributed by atoms with Crippen LogP contribution >= 0.6 is 11.6 Å². The summed E-state index contributed by atoms with van der Waals surface area (Å²) in [5, 5.41) is 5.06. The first-order valence-corrected chi connectivity index (χ1v) is 8.69. The average molecular weight is 377 g/mol. The molecule has 0 unspecified atom stereocenters. The highest BCUT2D eigenvalue weighted by molar-refractivity contribution is 6.31. The van der Waals surface area contributed by atoms with E-state index in [0.717, 1.165) is 5.56 Å². The summed E-state index contributed by atoms with van der Waals surface area (Å²) in [6, 6.07) is 11.7. The summed E-state index contributed by atoms with van der Waals surface area (Å²) in [6.45, 7) is 6.45. The Morgan fingerprint density at radius 3 is 2.35 bits per heavy atom. The van der Waals surface area contributed by atoms with E-state index < -0.39 is 11.7 Å². The van der Waals surface area contributed by atoms with Gasteiger partial charge in [0.15, 0.2) is 5.82 Å². The molecule has 0 heterocycles. The maximum atomic E-state index is 13.7. The third kappa shape index (κ3) is 5.30. The monoisotopic (exact) mass is 376 g/mol. The fourth-order valence-corrected chi connectivity index (χ4v) is 2.50. The van der Waals surface area contributed by atoms with Crippen molar-refractivity contribution in [1.29, 1.82) is 0 Å². The molecule has 2 amide bonds. The number of hydrogen-bond donors (Lipinski definition) is 2. The second kappa shape index (κ2) is 8.32. The molecule has 2 aromatic rings. The minimum absolute atomic E-state index is 0.0166. The van der Waals surface area contributed by atoms with Crippen molar-refractivity contribution < 1.29 is 14.0 Å². The maximum absolute atomic E-state index is 13.7. The van der Waals surface area contributed by atoms with E-state index in [1.54, 1.807) is 18.2 Å². The molecule has 0 radical (unpaired) electrons. The van der Waals surface area contributed by atoms with E-state index in [1.807, 2.05) is 12.1 Å². The first-order valence-electron chi connectivity index (χ1n) is 8.31. The van der Waals surface area contributed by atoms with Gasteiger partial charge in [0.2, 0.25) is 5.91 Å². The number of amides is 2. The van der Waals surface area contributed by atoms with E-state index in [-0.39, 0.29) is 35.0 Å². The van der Waals surface area contributed by atoms with Crippen LogP contribution in [0.5, 0.6) is 0 Å². The summed E-state index contributed by atoms with van der Waals surface area (Å²) in [6.07, 6.45) is 0.0256. The molecule has 138 valence electrons. The lowest BCUT2D eigenvalue weighted by molar-refractivity contribution is -0.116. The zero-order valence-corrected chi connectivity index (χ0v) is 15.8. The van der Waals surface area contributed by atoms with E-state index in [4.69, 9.17) is 11.6 Å². The number of anilines is 1. The number of halogens is 2. The van der Waals surface area contributed by atoms with Crippen molar-refractivity contribution in [3.63, 3.8) is 0 Å². The summed E-state index contributed by atoms with van der Waals surface area (Å²) < 4.78 is 13.7. The summed E-state index contributed by atoms with van der Waals surface area (Å²) in [5.74, 6) is -1.34. The van der Waals surface area contributed by atoms with Crippen molar-refractivity contribution in [2.24, 2.45) is 0 Å². The van der Waals surface area contributed by atoms with Gasteiger partial charge in [-0.25, -0.2) is 4.39 Å². The van der Waals surface area contributed by atoms with Gasteiger partial charge in [0, 0.05) is 18.5 Å². The van der Waals surface area contributed by atoms with Crippen molar-refractivity contribution in [2.45, 2.75) is 32.6 Å². The molecule has 4 nitrogen and oxygen atoms in total. The van der Waals surface area contributed by atoms with Gasteiger partial charge in [-0.15, -0.1) is 0 Å². The minimum atomic E-state index is -0.675. The molecule has 0 aliphatic rings. The van der Waals surface area contributed by atoms with Crippen molar-refractivity contribution in [2.75, 3.05) is 11.9 Å². The van der Waals surface area contributed by atoms with Gasteiger partial charge in [-0.05, 0) is 35.2 Å². The SMILES string of the molecule is CC(C)(C)c1ccc(C(=O)NCCC(=O)Nc2cccc(Cl)c2F)cc1. The molecule has 26 heavy (non-hydrogen) atoms. The first-order chi connectivity index (χ1) is 12.2. The van der Waals surface area contributed by atoms with Crippen LogP contribution in [0.2, 0.25) is 5.02 Å². The number of nitrogens with one attached hydrogen (secondary N) is 2. The predicted molar refractivity (Wildman–Crippen MR) is 102 cm³/mol. The third-order valence-electron chi connectivity index (χ3n) is 3.88. The molecule has 0 aliphatic carbocycles. The van der Waals surface area contributed by atoms with Gasteiger partial charge in [-0.1, -0.05) is 50.6 Å². The number of carbonyl (C=O) groups excluding carboxylic acids is 2. The predicted octanol–water partition coefficient (Wildman–Crippen LogP) is 4.54. The van der Waals surface area contributed by atoms with E-state index in [1.165, 1.54) is 12.1 Å². The molecule has 0 aliphatic heterocycles. The highest BCUT2D eigenvalue weighted by Gasteiger charge is 2.14. The molecule has 0 spiro atoms. The van der Waals surface area contributed by atoms with Crippen LogP contribution < -0.4 is 10.6 Å². The lowest BCUT2D eigenvalue weighted by Crippen LogP contribution is -2.27. The Hall–Kier alpha value is -2.40. The van der Waals surface area contributed by atoms with E-state index in [2.05, 4.69) is 31.4 Å². The lowest BCUT2D eigenvalue weighted by Gasteiger charge is -2.19. The van der Waals surface area contributed by atoms with Crippen LogP contribution in [0, 0.1) is 5.82 Å². The summed E-state index contributed by atoms with van der Waals surface area (Å²) in [7, 11) is 0. The highest BCUT2D eigenvalue weighted by Crippen LogP contribution is 2.23. The zero-order valence-electron chi connectivity index (χ0n) is 15.0. The number of hydrogen-bond acceptors (Lipinski definition) is 2. The molecule has 2 N–H and O–H groups in total. The normalized spacial score (nSPS) is 11.1. The van der Waals surface area contributed by atoms with Crippen LogP contribution in [-0.4, -0.2) is 18.4 Å². The van der Waals surface area contributed by atoms with Gasteiger partial charge in [0.05, 0.1) is 10.7 Å². The summed E-state index contributed by atoms with van der Waals surface area (Å²) in [5.41, 5.74) is 1.70. The Bertz CT molecular complexity index is 798. The van der Waals surface area contributed by atoms with Gasteiger partial charge < -0.3 is 10.6 Å². The molecule has 2 aromatic carbocycles. The molecule has 0 fully saturated rings. The topological polar surface area (TPSA) is 58.2 Å².